The molecule has 0 spiro atoms. The van der Waals surface area contributed by atoms with Crippen LogP contribution in [0.15, 0.2) is 42.7 Å². The molecular formula is C23H28N8. The predicted octanol–water partition coefficient (Wildman–Crippen LogP) is 3.38. The summed E-state index contributed by atoms with van der Waals surface area (Å²) in [5.41, 5.74) is 6.53. The summed E-state index contributed by atoms with van der Waals surface area (Å²) < 4.78 is 1.90. The number of aryl methyl sites for hydroxylation is 2. The van der Waals surface area contributed by atoms with Crippen LogP contribution in [0.5, 0.6) is 0 Å². The zero-order valence-electron chi connectivity index (χ0n) is 18.2. The van der Waals surface area contributed by atoms with Crippen molar-refractivity contribution in [1.82, 2.24) is 34.9 Å². The van der Waals surface area contributed by atoms with Gasteiger partial charge in [-0.15, -0.1) is 0 Å². The highest BCUT2D eigenvalue weighted by Crippen LogP contribution is 2.27. The molecule has 31 heavy (non-hydrogen) atoms. The van der Waals surface area contributed by atoms with E-state index in [9.17, 15) is 0 Å². The van der Waals surface area contributed by atoms with Gasteiger partial charge in [0, 0.05) is 51.0 Å². The van der Waals surface area contributed by atoms with Crippen molar-refractivity contribution < 1.29 is 0 Å². The predicted molar refractivity (Wildman–Crippen MR) is 123 cm³/mol. The van der Waals surface area contributed by atoms with Crippen LogP contribution in [-0.4, -0.2) is 55.8 Å². The third-order valence-electron chi connectivity index (χ3n) is 6.09. The van der Waals surface area contributed by atoms with Crippen molar-refractivity contribution in [1.29, 1.82) is 0 Å². The van der Waals surface area contributed by atoms with Crippen LogP contribution in [0.3, 0.4) is 0 Å². The molecule has 8 nitrogen and oxygen atoms in total. The number of aromatic nitrogens is 5. The van der Waals surface area contributed by atoms with Crippen LogP contribution in [0.1, 0.15) is 24.1 Å². The molecule has 1 fully saturated rings. The molecule has 1 aliphatic heterocycles. The van der Waals surface area contributed by atoms with Crippen LogP contribution in [0, 0.1) is 6.92 Å². The van der Waals surface area contributed by atoms with Gasteiger partial charge in [-0.2, -0.15) is 5.10 Å². The highest BCUT2D eigenvalue weighted by Gasteiger charge is 2.18. The number of rotatable bonds is 5. The fraction of sp³-hybridized carbons (Fsp3) is 0.348. The standard InChI is InChI=1S/C23H28N8/c1-15-14-26-30(3)22(15)18-4-5-19-20(12-18)28-23(27-19)29-21-13-17(6-7-25-21)16(2)31-10-8-24-9-11-31/h4-7,12-14,16,24H,8-11H2,1-3H3,(H2,25,27,28,29). The van der Waals surface area contributed by atoms with Crippen LogP contribution in [0.4, 0.5) is 11.8 Å². The van der Waals surface area contributed by atoms with Gasteiger partial charge >= 0.3 is 0 Å². The Bertz CT molecular complexity index is 1180. The van der Waals surface area contributed by atoms with Crippen LogP contribution in [0.2, 0.25) is 0 Å². The molecule has 3 aromatic heterocycles. The minimum Gasteiger partial charge on any atom is -0.324 e. The summed E-state index contributed by atoms with van der Waals surface area (Å²) >= 11 is 0. The Kier molecular flexibility index (Phi) is 5.17. The molecule has 0 aliphatic carbocycles. The highest BCUT2D eigenvalue weighted by atomic mass is 15.3. The second kappa shape index (κ2) is 8.13. The molecule has 1 unspecified atom stereocenters. The maximum atomic E-state index is 4.69. The van der Waals surface area contributed by atoms with Gasteiger partial charge in [0.2, 0.25) is 5.95 Å². The molecule has 1 aliphatic rings. The average Bonchev–Trinajstić information content (AvgIpc) is 3.35. The molecule has 1 saturated heterocycles. The number of fused-ring (bicyclic) bond motifs is 1. The summed E-state index contributed by atoms with van der Waals surface area (Å²) in [6.07, 6.45) is 3.75. The lowest BCUT2D eigenvalue weighted by Gasteiger charge is -2.33. The SMILES string of the molecule is Cc1cnn(C)c1-c1ccc2nc(Nc3cc(C(C)N4CCNCC4)ccn3)[nH]c2c1. The first-order valence-electron chi connectivity index (χ1n) is 10.7. The van der Waals surface area contributed by atoms with E-state index in [4.69, 9.17) is 4.98 Å². The number of nitrogens with one attached hydrogen (secondary N) is 3. The maximum absolute atomic E-state index is 4.69. The molecule has 1 atom stereocenters. The summed E-state index contributed by atoms with van der Waals surface area (Å²) in [5.74, 6) is 1.48. The molecule has 0 amide bonds. The third kappa shape index (κ3) is 3.92. The van der Waals surface area contributed by atoms with Crippen LogP contribution < -0.4 is 10.6 Å². The molecule has 5 rings (SSSR count). The monoisotopic (exact) mass is 416 g/mol. The van der Waals surface area contributed by atoms with E-state index in [-0.39, 0.29) is 0 Å². The van der Waals surface area contributed by atoms with Crippen molar-refractivity contribution in [2.45, 2.75) is 19.9 Å². The average molecular weight is 417 g/mol. The molecule has 3 N–H and O–H groups in total. The number of anilines is 2. The number of benzene rings is 1. The van der Waals surface area contributed by atoms with Crippen molar-refractivity contribution >= 4 is 22.8 Å². The quantitative estimate of drug-likeness (QED) is 0.462. The number of H-pyrrole nitrogens is 1. The molecule has 160 valence electrons. The second-order valence-electron chi connectivity index (χ2n) is 8.18. The summed E-state index contributed by atoms with van der Waals surface area (Å²) in [4.78, 5) is 15.1. The molecule has 0 radical (unpaired) electrons. The molecule has 1 aromatic carbocycles. The van der Waals surface area contributed by atoms with E-state index < -0.39 is 0 Å². The van der Waals surface area contributed by atoms with Gasteiger partial charge in [-0.25, -0.2) is 9.97 Å². The summed E-state index contributed by atoms with van der Waals surface area (Å²) in [6, 6.07) is 10.8. The number of piperazine rings is 1. The fourth-order valence-corrected chi connectivity index (χ4v) is 4.35. The Morgan fingerprint density at radius 3 is 2.74 bits per heavy atom. The minimum absolute atomic E-state index is 0.353. The Morgan fingerprint density at radius 2 is 1.97 bits per heavy atom. The van der Waals surface area contributed by atoms with Crippen molar-refractivity contribution in [2.75, 3.05) is 31.5 Å². The largest absolute Gasteiger partial charge is 0.324 e. The first-order valence-corrected chi connectivity index (χ1v) is 10.7. The second-order valence-corrected chi connectivity index (χ2v) is 8.18. The molecule has 4 aromatic rings. The van der Waals surface area contributed by atoms with E-state index in [1.54, 1.807) is 0 Å². The van der Waals surface area contributed by atoms with Gasteiger partial charge in [-0.1, -0.05) is 6.07 Å². The van der Waals surface area contributed by atoms with E-state index in [0.29, 0.717) is 12.0 Å². The lowest BCUT2D eigenvalue weighted by Crippen LogP contribution is -2.44. The number of hydrogen-bond acceptors (Lipinski definition) is 6. The molecule has 0 bridgehead atoms. The number of pyridine rings is 1. The van der Waals surface area contributed by atoms with E-state index in [2.05, 4.69) is 68.7 Å². The number of aromatic amines is 1. The Morgan fingerprint density at radius 1 is 1.13 bits per heavy atom. The Hall–Kier alpha value is -3.23. The van der Waals surface area contributed by atoms with Crippen molar-refractivity contribution in [2.24, 2.45) is 7.05 Å². The topological polar surface area (TPSA) is 86.7 Å². The molecular weight excluding hydrogens is 388 g/mol. The van der Waals surface area contributed by atoms with Crippen molar-refractivity contribution in [3.05, 3.63) is 53.9 Å². The van der Waals surface area contributed by atoms with Crippen LogP contribution >= 0.6 is 0 Å². The van der Waals surface area contributed by atoms with Crippen molar-refractivity contribution in [3.8, 4) is 11.3 Å². The van der Waals surface area contributed by atoms with Crippen molar-refractivity contribution in [3.63, 3.8) is 0 Å². The van der Waals surface area contributed by atoms with E-state index in [1.807, 2.05) is 30.2 Å². The van der Waals surface area contributed by atoms with E-state index in [1.165, 1.54) is 5.56 Å². The summed E-state index contributed by atoms with van der Waals surface area (Å²) in [5, 5.41) is 11.1. The number of nitrogens with zero attached hydrogens (tertiary/aromatic N) is 5. The molecule has 4 heterocycles. The normalized spacial score (nSPS) is 16.0. The van der Waals surface area contributed by atoms with E-state index >= 15 is 0 Å². The zero-order valence-corrected chi connectivity index (χ0v) is 18.2. The van der Waals surface area contributed by atoms with E-state index in [0.717, 1.165) is 59.9 Å². The fourth-order valence-electron chi connectivity index (χ4n) is 4.35. The zero-order chi connectivity index (χ0) is 21.4. The Balaban J connectivity index is 1.38. The van der Waals surface area contributed by atoms with Gasteiger partial charge in [0.1, 0.15) is 5.82 Å². The molecule has 8 heteroatoms. The summed E-state index contributed by atoms with van der Waals surface area (Å²) in [6.45, 7) is 8.54. The van der Waals surface area contributed by atoms with Gasteiger partial charge in [0.25, 0.3) is 0 Å². The molecule has 0 saturated carbocycles. The van der Waals surface area contributed by atoms with Crippen LogP contribution in [-0.2, 0) is 7.05 Å². The smallest absolute Gasteiger partial charge is 0.206 e. The lowest BCUT2D eigenvalue weighted by atomic mass is 10.1. The maximum Gasteiger partial charge on any atom is 0.206 e. The number of hydrogen-bond donors (Lipinski definition) is 3. The first-order chi connectivity index (χ1) is 15.1. The lowest BCUT2D eigenvalue weighted by molar-refractivity contribution is 0.185. The van der Waals surface area contributed by atoms with Gasteiger partial charge in [0.15, 0.2) is 0 Å². The third-order valence-corrected chi connectivity index (χ3v) is 6.09. The Labute approximate surface area is 181 Å². The highest BCUT2D eigenvalue weighted by molar-refractivity contribution is 5.83. The van der Waals surface area contributed by atoms with Gasteiger partial charge < -0.3 is 15.6 Å². The number of imidazole rings is 1. The summed E-state index contributed by atoms with van der Waals surface area (Å²) in [7, 11) is 1.96. The van der Waals surface area contributed by atoms with Gasteiger partial charge in [-0.3, -0.25) is 9.58 Å². The minimum atomic E-state index is 0.353. The first kappa shape index (κ1) is 19.7. The van der Waals surface area contributed by atoms with Gasteiger partial charge in [-0.05, 0) is 49.2 Å². The van der Waals surface area contributed by atoms with Gasteiger partial charge in [0.05, 0.1) is 22.9 Å². The van der Waals surface area contributed by atoms with Crippen LogP contribution in [0.25, 0.3) is 22.3 Å².